The number of anilines is 1. The van der Waals surface area contributed by atoms with E-state index in [0.29, 0.717) is 21.1 Å². The van der Waals surface area contributed by atoms with Crippen LogP contribution in [-0.4, -0.2) is 37.8 Å². The second-order valence-corrected chi connectivity index (χ2v) is 5.33. The Kier molecular flexibility index (Phi) is 4.86. The maximum Gasteiger partial charge on any atom is 0.334 e. The number of nitrogens with one attached hydrogen (secondary N) is 1. The van der Waals surface area contributed by atoms with E-state index in [1.807, 2.05) is 6.92 Å². The summed E-state index contributed by atoms with van der Waals surface area (Å²) in [7, 11) is 4.22. The molecular formula is C13H17N3O5S. The van der Waals surface area contributed by atoms with E-state index in [-0.39, 0.29) is 17.2 Å². The molecule has 0 saturated carbocycles. The molecule has 2 rings (SSSR count). The summed E-state index contributed by atoms with van der Waals surface area (Å²) in [6.45, 7) is 2.75. The Morgan fingerprint density at radius 3 is 2.32 bits per heavy atom. The molecule has 0 aliphatic heterocycles. The van der Waals surface area contributed by atoms with E-state index in [0.717, 1.165) is 13.0 Å². The maximum atomic E-state index is 11.5. The molecule has 0 radical (unpaired) electrons. The van der Waals surface area contributed by atoms with E-state index in [1.165, 1.54) is 32.7 Å². The topological polar surface area (TPSA) is 95.8 Å². The lowest BCUT2D eigenvalue weighted by atomic mass is 10.2. The highest BCUT2D eigenvalue weighted by Gasteiger charge is 2.32. The Morgan fingerprint density at radius 2 is 1.82 bits per heavy atom. The molecule has 1 heterocycles. The molecule has 0 bridgehead atoms. The molecule has 0 spiro atoms. The van der Waals surface area contributed by atoms with Gasteiger partial charge in [0.25, 0.3) is 0 Å². The normalized spacial score (nSPS) is 10.5. The van der Waals surface area contributed by atoms with Gasteiger partial charge < -0.3 is 19.5 Å². The molecule has 1 aromatic heterocycles. The third-order valence-electron chi connectivity index (χ3n) is 3.01. The predicted octanol–water partition coefficient (Wildman–Crippen LogP) is 3.05. The summed E-state index contributed by atoms with van der Waals surface area (Å²) in [5.41, 5.74) is 0.215. The fourth-order valence-electron chi connectivity index (χ4n) is 2.09. The van der Waals surface area contributed by atoms with Crippen LogP contribution in [0.4, 0.5) is 10.8 Å². The van der Waals surface area contributed by atoms with E-state index in [9.17, 15) is 10.1 Å². The first-order valence-electron chi connectivity index (χ1n) is 6.59. The molecule has 0 atom stereocenters. The second-order valence-electron chi connectivity index (χ2n) is 4.33. The maximum absolute atomic E-state index is 11.5. The molecule has 120 valence electrons. The molecule has 0 aliphatic carbocycles. The molecule has 0 unspecified atom stereocenters. The number of aromatic nitrogens is 1. The van der Waals surface area contributed by atoms with Crippen molar-refractivity contribution in [3.63, 3.8) is 0 Å². The summed E-state index contributed by atoms with van der Waals surface area (Å²) in [6.07, 6.45) is 0.918. The number of methoxy groups -OCH3 is 3. The average Bonchev–Trinajstić information content (AvgIpc) is 2.92. The van der Waals surface area contributed by atoms with Crippen molar-refractivity contribution in [2.75, 3.05) is 33.2 Å². The lowest BCUT2D eigenvalue weighted by Gasteiger charge is -2.12. The van der Waals surface area contributed by atoms with E-state index in [2.05, 4.69) is 10.3 Å². The first-order valence-corrected chi connectivity index (χ1v) is 7.41. The number of nitro benzene ring substituents is 1. The number of hydrogen-bond acceptors (Lipinski definition) is 8. The van der Waals surface area contributed by atoms with Gasteiger partial charge in [-0.05, 0) is 6.42 Å². The number of nitrogens with zero attached hydrogens (tertiary/aromatic N) is 2. The highest BCUT2D eigenvalue weighted by Crippen LogP contribution is 2.52. The summed E-state index contributed by atoms with van der Waals surface area (Å²) in [4.78, 5) is 15.4. The van der Waals surface area contributed by atoms with Gasteiger partial charge in [0.05, 0.1) is 26.3 Å². The number of thiazole rings is 1. The number of rotatable bonds is 7. The minimum absolute atomic E-state index is 0.0301. The van der Waals surface area contributed by atoms with Crippen LogP contribution in [0.25, 0.3) is 10.2 Å². The Labute approximate surface area is 131 Å². The zero-order valence-corrected chi connectivity index (χ0v) is 13.6. The number of nitro groups is 1. The summed E-state index contributed by atoms with van der Waals surface area (Å²) in [6, 6.07) is 0. The summed E-state index contributed by atoms with van der Waals surface area (Å²) in [5.74, 6) is 0.514. The van der Waals surface area contributed by atoms with Crippen molar-refractivity contribution < 1.29 is 19.1 Å². The van der Waals surface area contributed by atoms with Crippen LogP contribution in [0.1, 0.15) is 13.3 Å². The minimum atomic E-state index is -0.495. The second kappa shape index (κ2) is 6.65. The standard InChI is InChI=1S/C13H17N3O5S/c1-5-6-14-13-15-7-9(19-2)11(21-4)10(20-3)8(16(17)18)12(7)22-13/h5-6H2,1-4H3,(H,14,15). The van der Waals surface area contributed by atoms with E-state index < -0.39 is 4.92 Å². The van der Waals surface area contributed by atoms with Gasteiger partial charge in [0, 0.05) is 6.54 Å². The predicted molar refractivity (Wildman–Crippen MR) is 84.7 cm³/mol. The molecule has 0 saturated heterocycles. The van der Waals surface area contributed by atoms with Gasteiger partial charge in [-0.1, -0.05) is 18.3 Å². The molecule has 22 heavy (non-hydrogen) atoms. The lowest BCUT2D eigenvalue weighted by molar-refractivity contribution is -0.383. The van der Waals surface area contributed by atoms with Crippen LogP contribution in [-0.2, 0) is 0 Å². The van der Waals surface area contributed by atoms with Gasteiger partial charge >= 0.3 is 5.69 Å². The van der Waals surface area contributed by atoms with Crippen LogP contribution in [0.3, 0.4) is 0 Å². The average molecular weight is 327 g/mol. The van der Waals surface area contributed by atoms with E-state index in [1.54, 1.807) is 0 Å². The molecule has 8 nitrogen and oxygen atoms in total. The van der Waals surface area contributed by atoms with Crippen molar-refractivity contribution in [2.45, 2.75) is 13.3 Å². The van der Waals surface area contributed by atoms with Gasteiger partial charge in [-0.3, -0.25) is 10.1 Å². The van der Waals surface area contributed by atoms with Crippen molar-refractivity contribution in [3.8, 4) is 17.2 Å². The first-order chi connectivity index (χ1) is 10.6. The quantitative estimate of drug-likeness (QED) is 0.616. The monoisotopic (exact) mass is 327 g/mol. The zero-order valence-electron chi connectivity index (χ0n) is 12.8. The smallest absolute Gasteiger partial charge is 0.334 e. The highest BCUT2D eigenvalue weighted by atomic mass is 32.1. The van der Waals surface area contributed by atoms with Crippen LogP contribution >= 0.6 is 11.3 Å². The van der Waals surface area contributed by atoms with Gasteiger partial charge in [0.15, 0.2) is 10.9 Å². The Hall–Kier alpha value is -2.29. The molecule has 2 aromatic rings. The van der Waals surface area contributed by atoms with Gasteiger partial charge in [-0.25, -0.2) is 4.98 Å². The van der Waals surface area contributed by atoms with Crippen molar-refractivity contribution in [1.29, 1.82) is 0 Å². The largest absolute Gasteiger partial charge is 0.491 e. The third kappa shape index (κ3) is 2.59. The van der Waals surface area contributed by atoms with E-state index >= 15 is 0 Å². The van der Waals surface area contributed by atoms with E-state index in [4.69, 9.17) is 14.2 Å². The molecular weight excluding hydrogens is 310 g/mol. The SMILES string of the molecule is CCCNc1nc2c(OC)c(OC)c(OC)c([N+](=O)[O-])c2s1. The minimum Gasteiger partial charge on any atom is -0.491 e. The van der Waals surface area contributed by atoms with Crippen LogP contribution in [0.5, 0.6) is 17.2 Å². The van der Waals surface area contributed by atoms with Crippen molar-refractivity contribution >= 4 is 32.4 Å². The first kappa shape index (κ1) is 16.1. The van der Waals surface area contributed by atoms with Gasteiger partial charge in [0.2, 0.25) is 11.5 Å². The van der Waals surface area contributed by atoms with Gasteiger partial charge in [-0.15, -0.1) is 0 Å². The van der Waals surface area contributed by atoms with Gasteiger partial charge in [-0.2, -0.15) is 0 Å². The molecule has 0 amide bonds. The van der Waals surface area contributed by atoms with Crippen LogP contribution < -0.4 is 19.5 Å². The number of benzene rings is 1. The van der Waals surface area contributed by atoms with Crippen molar-refractivity contribution in [3.05, 3.63) is 10.1 Å². The Morgan fingerprint density at radius 1 is 1.18 bits per heavy atom. The Bertz CT molecular complexity index is 701. The third-order valence-corrected chi connectivity index (χ3v) is 4.03. The van der Waals surface area contributed by atoms with Crippen molar-refractivity contribution in [2.24, 2.45) is 0 Å². The van der Waals surface area contributed by atoms with Gasteiger partial charge in [0.1, 0.15) is 10.2 Å². The summed E-state index contributed by atoms with van der Waals surface area (Å²) in [5, 5.41) is 15.2. The molecule has 1 N–H and O–H groups in total. The van der Waals surface area contributed by atoms with Crippen molar-refractivity contribution in [1.82, 2.24) is 4.98 Å². The fourth-order valence-corrected chi connectivity index (χ4v) is 3.10. The Balaban J connectivity index is 2.81. The lowest BCUT2D eigenvalue weighted by Crippen LogP contribution is -2.00. The van der Waals surface area contributed by atoms with Crippen LogP contribution in [0.2, 0.25) is 0 Å². The summed E-state index contributed by atoms with van der Waals surface area (Å²) >= 11 is 1.19. The summed E-state index contributed by atoms with van der Waals surface area (Å²) < 4.78 is 16.1. The highest BCUT2D eigenvalue weighted by molar-refractivity contribution is 7.22. The number of fused-ring (bicyclic) bond motifs is 1. The molecule has 0 fully saturated rings. The van der Waals surface area contributed by atoms with Crippen LogP contribution in [0.15, 0.2) is 0 Å². The molecule has 1 aromatic carbocycles. The van der Waals surface area contributed by atoms with Crippen LogP contribution in [0, 0.1) is 10.1 Å². The zero-order chi connectivity index (χ0) is 16.3. The fraction of sp³-hybridized carbons (Fsp3) is 0.462. The molecule has 9 heteroatoms. The number of ether oxygens (including phenoxy) is 3. The molecule has 0 aliphatic rings. The number of hydrogen-bond donors (Lipinski definition) is 1.